The van der Waals surface area contributed by atoms with Crippen LogP contribution in [0.4, 0.5) is 13.2 Å². The summed E-state index contributed by atoms with van der Waals surface area (Å²) >= 11 is 0. The first-order valence-corrected chi connectivity index (χ1v) is 6.97. The Morgan fingerprint density at radius 1 is 1.39 bits per heavy atom. The van der Waals surface area contributed by atoms with Crippen LogP contribution in [0.3, 0.4) is 0 Å². The molecule has 0 aliphatic carbocycles. The van der Waals surface area contributed by atoms with E-state index in [1.54, 1.807) is 0 Å². The molecule has 0 aliphatic rings. The average Bonchev–Trinajstić information content (AvgIpc) is 2.28. The van der Waals surface area contributed by atoms with Gasteiger partial charge in [-0.25, -0.2) is 0 Å². The number of halogens is 3. The highest BCUT2D eigenvalue weighted by atomic mass is 32.2. The van der Waals surface area contributed by atoms with Crippen LogP contribution in [0.25, 0.3) is 0 Å². The SMILES string of the molecule is CCCC(N)CS(=O)c1cccc(C(F)(F)F)c1. The van der Waals surface area contributed by atoms with Crippen molar-refractivity contribution in [2.24, 2.45) is 5.73 Å². The van der Waals surface area contributed by atoms with Crippen molar-refractivity contribution in [3.63, 3.8) is 0 Å². The molecule has 0 aliphatic heterocycles. The van der Waals surface area contributed by atoms with Gasteiger partial charge in [0.05, 0.1) is 16.4 Å². The first kappa shape index (κ1) is 15.2. The maximum absolute atomic E-state index is 12.5. The zero-order chi connectivity index (χ0) is 13.8. The van der Waals surface area contributed by atoms with Gasteiger partial charge in [0.1, 0.15) is 0 Å². The predicted molar refractivity (Wildman–Crippen MR) is 65.6 cm³/mol. The Balaban J connectivity index is 2.81. The van der Waals surface area contributed by atoms with Crippen LogP contribution in [0, 0.1) is 0 Å². The van der Waals surface area contributed by atoms with Gasteiger partial charge in [-0.05, 0) is 24.6 Å². The predicted octanol–water partition coefficient (Wildman–Crippen LogP) is 2.94. The summed E-state index contributed by atoms with van der Waals surface area (Å²) in [7, 11) is -1.49. The summed E-state index contributed by atoms with van der Waals surface area (Å²) < 4.78 is 49.3. The van der Waals surface area contributed by atoms with E-state index in [9.17, 15) is 17.4 Å². The van der Waals surface area contributed by atoms with Crippen molar-refractivity contribution in [3.05, 3.63) is 29.8 Å². The molecule has 6 heteroatoms. The Labute approximate surface area is 107 Å². The minimum absolute atomic E-state index is 0.177. The van der Waals surface area contributed by atoms with Crippen molar-refractivity contribution in [3.8, 4) is 0 Å². The van der Waals surface area contributed by atoms with E-state index in [-0.39, 0.29) is 16.7 Å². The quantitative estimate of drug-likeness (QED) is 0.900. The second-order valence-corrected chi connectivity index (χ2v) is 5.58. The fourth-order valence-corrected chi connectivity index (χ4v) is 2.80. The monoisotopic (exact) mass is 279 g/mol. The van der Waals surface area contributed by atoms with E-state index in [1.165, 1.54) is 12.1 Å². The van der Waals surface area contributed by atoms with Gasteiger partial charge in [-0.3, -0.25) is 4.21 Å². The van der Waals surface area contributed by atoms with E-state index in [1.807, 2.05) is 6.92 Å². The molecule has 0 saturated carbocycles. The maximum atomic E-state index is 12.5. The Morgan fingerprint density at radius 2 is 2.06 bits per heavy atom. The highest BCUT2D eigenvalue weighted by molar-refractivity contribution is 7.85. The van der Waals surface area contributed by atoms with Gasteiger partial charge in [0.2, 0.25) is 0 Å². The molecule has 1 aromatic rings. The van der Waals surface area contributed by atoms with Gasteiger partial charge in [0.15, 0.2) is 0 Å². The van der Waals surface area contributed by atoms with E-state index >= 15 is 0 Å². The van der Waals surface area contributed by atoms with Crippen molar-refractivity contribution < 1.29 is 17.4 Å². The van der Waals surface area contributed by atoms with Crippen LogP contribution in [0.15, 0.2) is 29.2 Å². The van der Waals surface area contributed by atoms with E-state index in [0.29, 0.717) is 6.42 Å². The third-order valence-electron chi connectivity index (χ3n) is 2.45. The van der Waals surface area contributed by atoms with Gasteiger partial charge < -0.3 is 5.73 Å². The lowest BCUT2D eigenvalue weighted by atomic mass is 10.2. The summed E-state index contributed by atoms with van der Waals surface area (Å²) in [5.41, 5.74) is 4.95. The molecule has 2 unspecified atom stereocenters. The fourth-order valence-electron chi connectivity index (χ4n) is 1.56. The van der Waals surface area contributed by atoms with E-state index in [2.05, 4.69) is 0 Å². The van der Waals surface area contributed by atoms with Crippen molar-refractivity contribution in [1.82, 2.24) is 0 Å². The van der Waals surface area contributed by atoms with Gasteiger partial charge in [-0.15, -0.1) is 0 Å². The summed E-state index contributed by atoms with van der Waals surface area (Å²) in [6.45, 7) is 1.95. The molecule has 2 nitrogen and oxygen atoms in total. The van der Waals surface area contributed by atoms with Gasteiger partial charge in [0, 0.05) is 16.7 Å². The molecule has 0 fully saturated rings. The molecule has 0 spiro atoms. The van der Waals surface area contributed by atoms with Crippen LogP contribution in [0.5, 0.6) is 0 Å². The second kappa shape index (κ2) is 6.33. The number of benzene rings is 1. The average molecular weight is 279 g/mol. The number of hydrogen-bond donors (Lipinski definition) is 1. The molecule has 0 radical (unpaired) electrons. The molecule has 102 valence electrons. The summed E-state index contributed by atoms with van der Waals surface area (Å²) in [5, 5.41) is 0. The Morgan fingerprint density at radius 3 is 2.61 bits per heavy atom. The maximum Gasteiger partial charge on any atom is 0.416 e. The molecule has 2 atom stereocenters. The van der Waals surface area contributed by atoms with Crippen LogP contribution in [-0.4, -0.2) is 16.0 Å². The minimum Gasteiger partial charge on any atom is -0.327 e. The van der Waals surface area contributed by atoms with E-state index in [4.69, 9.17) is 5.73 Å². The number of nitrogens with two attached hydrogens (primary N) is 1. The summed E-state index contributed by atoms with van der Waals surface area (Å²) in [4.78, 5) is 0.177. The Hall–Kier alpha value is -0.880. The first-order valence-electron chi connectivity index (χ1n) is 5.65. The topological polar surface area (TPSA) is 43.1 Å². The highest BCUT2D eigenvalue weighted by Gasteiger charge is 2.30. The highest BCUT2D eigenvalue weighted by Crippen LogP contribution is 2.30. The summed E-state index contributed by atoms with van der Waals surface area (Å²) in [6.07, 6.45) is -2.84. The van der Waals surface area contributed by atoms with Crippen LogP contribution in [0.1, 0.15) is 25.3 Å². The van der Waals surface area contributed by atoms with Crippen LogP contribution < -0.4 is 5.73 Å². The van der Waals surface area contributed by atoms with Crippen LogP contribution in [-0.2, 0) is 17.0 Å². The molecular weight excluding hydrogens is 263 g/mol. The third-order valence-corrected chi connectivity index (χ3v) is 3.96. The molecule has 0 saturated heterocycles. The van der Waals surface area contributed by atoms with Gasteiger partial charge in [-0.1, -0.05) is 19.4 Å². The molecule has 1 aromatic carbocycles. The van der Waals surface area contributed by atoms with Crippen molar-refractivity contribution >= 4 is 10.8 Å². The zero-order valence-electron chi connectivity index (χ0n) is 10.0. The van der Waals surface area contributed by atoms with Crippen molar-refractivity contribution in [2.75, 3.05) is 5.75 Å². The van der Waals surface area contributed by atoms with Crippen molar-refractivity contribution in [2.45, 2.75) is 36.9 Å². The molecule has 0 aromatic heterocycles. The normalized spacial score (nSPS) is 15.4. The lowest BCUT2D eigenvalue weighted by Gasteiger charge is -2.11. The zero-order valence-corrected chi connectivity index (χ0v) is 10.9. The minimum atomic E-state index is -4.41. The first-order chi connectivity index (χ1) is 8.34. The van der Waals surface area contributed by atoms with Gasteiger partial charge in [-0.2, -0.15) is 13.2 Å². The lowest BCUT2D eigenvalue weighted by Crippen LogP contribution is -2.26. The lowest BCUT2D eigenvalue weighted by molar-refractivity contribution is -0.137. The number of alkyl halides is 3. The van der Waals surface area contributed by atoms with Gasteiger partial charge in [0.25, 0.3) is 0 Å². The molecule has 0 amide bonds. The Bertz CT molecular complexity index is 420. The molecule has 18 heavy (non-hydrogen) atoms. The molecular formula is C12H16F3NOS. The smallest absolute Gasteiger partial charge is 0.327 e. The van der Waals surface area contributed by atoms with Crippen molar-refractivity contribution in [1.29, 1.82) is 0 Å². The largest absolute Gasteiger partial charge is 0.416 e. The molecule has 0 heterocycles. The molecule has 0 bridgehead atoms. The third kappa shape index (κ3) is 4.42. The molecule has 2 N–H and O–H groups in total. The summed E-state index contributed by atoms with van der Waals surface area (Å²) in [5.74, 6) is 0.190. The van der Waals surface area contributed by atoms with E-state index in [0.717, 1.165) is 18.6 Å². The summed E-state index contributed by atoms with van der Waals surface area (Å²) in [6, 6.07) is 4.35. The van der Waals surface area contributed by atoms with Gasteiger partial charge >= 0.3 is 6.18 Å². The second-order valence-electron chi connectivity index (χ2n) is 4.09. The Kier molecular flexibility index (Phi) is 5.34. The molecule has 1 rings (SSSR count). The standard InChI is InChI=1S/C12H16F3NOS/c1-2-4-10(16)8-18(17)11-6-3-5-9(7-11)12(13,14)15/h3,5-7,10H,2,4,8,16H2,1H3. The van der Waals surface area contributed by atoms with Crippen LogP contribution >= 0.6 is 0 Å². The number of hydrogen-bond acceptors (Lipinski definition) is 2. The number of rotatable bonds is 5. The van der Waals surface area contributed by atoms with Crippen LogP contribution in [0.2, 0.25) is 0 Å². The van der Waals surface area contributed by atoms with E-state index < -0.39 is 22.5 Å². The fraction of sp³-hybridized carbons (Fsp3) is 0.500.